The van der Waals surface area contributed by atoms with Crippen molar-refractivity contribution in [3.05, 3.63) is 48.5 Å². The van der Waals surface area contributed by atoms with Gasteiger partial charge in [-0.2, -0.15) is 0 Å². The topological polar surface area (TPSA) is 60.5 Å². The summed E-state index contributed by atoms with van der Waals surface area (Å²) in [5, 5.41) is 1.10. The summed E-state index contributed by atoms with van der Waals surface area (Å²) in [6, 6.07) is 15.8. The van der Waals surface area contributed by atoms with Crippen molar-refractivity contribution in [2.75, 3.05) is 13.7 Å². The summed E-state index contributed by atoms with van der Waals surface area (Å²) in [5.41, 5.74) is 2.73. The van der Waals surface area contributed by atoms with Crippen molar-refractivity contribution in [2.24, 2.45) is 0 Å². The fraction of sp³-hybridized carbons (Fsp3) is 0.150. The van der Waals surface area contributed by atoms with Gasteiger partial charge in [-0.3, -0.25) is 0 Å². The first kappa shape index (κ1) is 16.5. The van der Waals surface area contributed by atoms with Crippen molar-refractivity contribution in [3.8, 4) is 22.8 Å². The molecule has 6 heteroatoms. The number of benzene rings is 2. The molecule has 0 atom stereocenters. The first-order chi connectivity index (χ1) is 12.7. The Morgan fingerprint density at radius 1 is 1.12 bits per heavy atom. The van der Waals surface area contributed by atoms with Gasteiger partial charge in [-0.15, -0.1) is 11.3 Å². The predicted molar refractivity (Wildman–Crippen MR) is 103 cm³/mol. The summed E-state index contributed by atoms with van der Waals surface area (Å²) in [7, 11) is 1.63. The largest absolute Gasteiger partial charge is 0.515 e. The number of nitrogens with one attached hydrogen (secondary N) is 1. The van der Waals surface area contributed by atoms with Gasteiger partial charge in [0.25, 0.3) is 0 Å². The molecule has 4 aromatic rings. The summed E-state index contributed by atoms with van der Waals surface area (Å²) in [6.45, 7) is 2.00. The Bertz CT molecular complexity index is 1080. The van der Waals surface area contributed by atoms with Crippen molar-refractivity contribution in [2.45, 2.75) is 6.92 Å². The smallest absolute Gasteiger partial charge is 0.497 e. The van der Waals surface area contributed by atoms with Gasteiger partial charge in [0.1, 0.15) is 5.75 Å². The van der Waals surface area contributed by atoms with E-state index in [0.29, 0.717) is 5.88 Å². The number of ether oxygens (including phenoxy) is 3. The first-order valence-corrected chi connectivity index (χ1v) is 9.05. The van der Waals surface area contributed by atoms with Crippen LogP contribution in [0.25, 0.3) is 31.4 Å². The highest BCUT2D eigenvalue weighted by molar-refractivity contribution is 7.26. The van der Waals surface area contributed by atoms with Crippen LogP contribution >= 0.6 is 11.3 Å². The van der Waals surface area contributed by atoms with Gasteiger partial charge in [-0.05, 0) is 30.7 Å². The highest BCUT2D eigenvalue weighted by Crippen LogP contribution is 2.45. The lowest BCUT2D eigenvalue weighted by Crippen LogP contribution is -2.10. The molecule has 2 aromatic heterocycles. The van der Waals surface area contributed by atoms with Gasteiger partial charge < -0.3 is 19.2 Å². The maximum absolute atomic E-state index is 11.9. The van der Waals surface area contributed by atoms with E-state index >= 15 is 0 Å². The Morgan fingerprint density at radius 3 is 2.62 bits per heavy atom. The number of hydrogen-bond acceptors (Lipinski definition) is 5. The Balaban J connectivity index is 1.91. The number of carbonyl (C=O) groups excluding carboxylic acids is 1. The average Bonchev–Trinajstić information content (AvgIpc) is 3.17. The first-order valence-electron chi connectivity index (χ1n) is 8.23. The van der Waals surface area contributed by atoms with Crippen LogP contribution in [-0.4, -0.2) is 24.9 Å². The van der Waals surface area contributed by atoms with Crippen molar-refractivity contribution in [3.63, 3.8) is 0 Å². The van der Waals surface area contributed by atoms with E-state index in [0.717, 1.165) is 32.5 Å². The summed E-state index contributed by atoms with van der Waals surface area (Å²) in [4.78, 5) is 15.1. The SMILES string of the molecule is CCOC(=O)Oc1[nH]c2c(sc3ccccc32)c1-c1ccc(OC)cc1. The van der Waals surface area contributed by atoms with Crippen molar-refractivity contribution in [1.29, 1.82) is 0 Å². The molecule has 4 rings (SSSR count). The normalized spacial score (nSPS) is 11.0. The minimum atomic E-state index is -0.722. The van der Waals surface area contributed by atoms with Crippen LogP contribution in [-0.2, 0) is 4.74 Å². The van der Waals surface area contributed by atoms with Gasteiger partial charge in [0, 0.05) is 10.1 Å². The molecule has 0 radical (unpaired) electrons. The standard InChI is InChI=1S/C20H17NO4S/c1-3-24-20(22)25-19-16(12-8-10-13(23-2)11-9-12)18-17(21-19)14-6-4-5-7-15(14)26-18/h4-11,21H,3H2,1-2H3. The van der Waals surface area contributed by atoms with Crippen LogP contribution in [0, 0.1) is 0 Å². The number of carbonyl (C=O) groups is 1. The van der Waals surface area contributed by atoms with E-state index in [1.54, 1.807) is 25.4 Å². The molecule has 2 heterocycles. The Labute approximate surface area is 154 Å². The molecule has 0 aliphatic rings. The zero-order chi connectivity index (χ0) is 18.1. The molecule has 0 amide bonds. The fourth-order valence-electron chi connectivity index (χ4n) is 2.95. The van der Waals surface area contributed by atoms with Gasteiger partial charge in [-0.1, -0.05) is 30.3 Å². The Hall–Kier alpha value is -2.99. The molecule has 0 aliphatic carbocycles. The minimum absolute atomic E-state index is 0.259. The molecule has 1 N–H and O–H groups in total. The van der Waals surface area contributed by atoms with E-state index in [1.807, 2.05) is 36.4 Å². The fourth-order valence-corrected chi connectivity index (χ4v) is 4.17. The van der Waals surface area contributed by atoms with Gasteiger partial charge in [-0.25, -0.2) is 4.79 Å². The van der Waals surface area contributed by atoms with E-state index < -0.39 is 6.16 Å². The molecule has 0 spiro atoms. The maximum Gasteiger partial charge on any atom is 0.515 e. The monoisotopic (exact) mass is 367 g/mol. The van der Waals surface area contributed by atoms with Gasteiger partial charge >= 0.3 is 6.16 Å². The summed E-state index contributed by atoms with van der Waals surface area (Å²) < 4.78 is 17.8. The van der Waals surface area contributed by atoms with Crippen molar-refractivity contribution >= 4 is 37.8 Å². The van der Waals surface area contributed by atoms with E-state index in [1.165, 1.54) is 4.70 Å². The maximum atomic E-state index is 11.9. The molecule has 26 heavy (non-hydrogen) atoms. The molecule has 5 nitrogen and oxygen atoms in total. The molecule has 0 saturated heterocycles. The number of H-pyrrole nitrogens is 1. The second kappa shape index (κ2) is 6.72. The molecule has 0 fully saturated rings. The van der Waals surface area contributed by atoms with Crippen LogP contribution in [0.4, 0.5) is 4.79 Å². The number of rotatable bonds is 4. The van der Waals surface area contributed by atoms with Gasteiger partial charge in [0.2, 0.25) is 5.88 Å². The molecule has 132 valence electrons. The van der Waals surface area contributed by atoms with Gasteiger partial charge in [0.05, 0.1) is 29.5 Å². The lowest BCUT2D eigenvalue weighted by molar-refractivity contribution is 0.103. The van der Waals surface area contributed by atoms with Crippen LogP contribution < -0.4 is 9.47 Å². The molecule has 0 aliphatic heterocycles. The van der Waals surface area contributed by atoms with Crippen LogP contribution in [0.15, 0.2) is 48.5 Å². The molecule has 0 saturated carbocycles. The number of fused-ring (bicyclic) bond motifs is 3. The highest BCUT2D eigenvalue weighted by Gasteiger charge is 2.21. The number of methoxy groups -OCH3 is 1. The zero-order valence-corrected chi connectivity index (χ0v) is 15.2. The van der Waals surface area contributed by atoms with E-state index in [9.17, 15) is 4.79 Å². The molecular formula is C20H17NO4S. The van der Waals surface area contributed by atoms with Crippen LogP contribution in [0.5, 0.6) is 11.6 Å². The lowest BCUT2D eigenvalue weighted by Gasteiger charge is -2.07. The van der Waals surface area contributed by atoms with E-state index in [-0.39, 0.29) is 6.61 Å². The third-order valence-electron chi connectivity index (χ3n) is 4.11. The second-order valence-corrected chi connectivity index (χ2v) is 6.70. The van der Waals surface area contributed by atoms with Crippen LogP contribution in [0.2, 0.25) is 0 Å². The number of aromatic amines is 1. The second-order valence-electron chi connectivity index (χ2n) is 5.65. The lowest BCUT2D eigenvalue weighted by atomic mass is 10.1. The quantitative estimate of drug-likeness (QED) is 0.477. The van der Waals surface area contributed by atoms with Crippen molar-refractivity contribution < 1.29 is 19.0 Å². The number of thiophene rings is 1. The van der Waals surface area contributed by atoms with Crippen LogP contribution in [0.1, 0.15) is 6.92 Å². The third kappa shape index (κ3) is 2.78. The highest BCUT2D eigenvalue weighted by atomic mass is 32.1. The molecule has 2 aromatic carbocycles. The Kier molecular flexibility index (Phi) is 4.26. The number of aromatic nitrogens is 1. The predicted octanol–water partition coefficient (Wildman–Crippen LogP) is 5.59. The van der Waals surface area contributed by atoms with Crippen molar-refractivity contribution in [1.82, 2.24) is 4.98 Å². The van der Waals surface area contributed by atoms with Gasteiger partial charge in [0.15, 0.2) is 0 Å². The number of hydrogen-bond donors (Lipinski definition) is 1. The van der Waals surface area contributed by atoms with E-state index in [2.05, 4.69) is 17.1 Å². The minimum Gasteiger partial charge on any atom is -0.497 e. The third-order valence-corrected chi connectivity index (χ3v) is 5.30. The Morgan fingerprint density at radius 2 is 1.88 bits per heavy atom. The van der Waals surface area contributed by atoms with E-state index in [4.69, 9.17) is 14.2 Å². The molecular weight excluding hydrogens is 350 g/mol. The van der Waals surface area contributed by atoms with Crippen LogP contribution in [0.3, 0.4) is 0 Å². The zero-order valence-electron chi connectivity index (χ0n) is 14.4. The molecule has 0 bridgehead atoms. The summed E-state index contributed by atoms with van der Waals surface area (Å²) >= 11 is 1.66. The summed E-state index contributed by atoms with van der Waals surface area (Å²) in [6.07, 6.45) is -0.722. The summed E-state index contributed by atoms with van der Waals surface area (Å²) in [5.74, 6) is 1.16. The molecule has 0 unspecified atom stereocenters. The average molecular weight is 367 g/mol.